The maximum atomic E-state index is 12.8. The Morgan fingerprint density at radius 2 is 2.00 bits per heavy atom. The fourth-order valence-corrected chi connectivity index (χ4v) is 1.91. The van der Waals surface area contributed by atoms with E-state index in [-0.39, 0.29) is 5.82 Å². The number of nitrogens with one attached hydrogen (secondary N) is 1. The Morgan fingerprint density at radius 3 is 2.67 bits per heavy atom. The van der Waals surface area contributed by atoms with Crippen LogP contribution in [-0.2, 0) is 15.7 Å². The summed E-state index contributed by atoms with van der Waals surface area (Å²) in [6.07, 6.45) is -1.63. The fraction of sp³-hybridized carbons (Fsp3) is 0.615. The molecule has 0 radical (unpaired) electrons. The van der Waals surface area contributed by atoms with Gasteiger partial charge in [0.15, 0.2) is 0 Å². The van der Waals surface area contributed by atoms with E-state index in [4.69, 9.17) is 9.47 Å². The quantitative estimate of drug-likeness (QED) is 0.672. The van der Waals surface area contributed by atoms with Crippen molar-refractivity contribution in [3.8, 4) is 0 Å². The number of hydrogen-bond donors (Lipinski definition) is 1. The molecule has 0 amide bonds. The summed E-state index contributed by atoms with van der Waals surface area (Å²) in [4.78, 5) is 3.78. The molecule has 0 aliphatic rings. The number of alkyl halides is 3. The van der Waals surface area contributed by atoms with E-state index in [0.29, 0.717) is 37.3 Å². The van der Waals surface area contributed by atoms with E-state index in [9.17, 15) is 13.2 Å². The van der Waals surface area contributed by atoms with Gasteiger partial charge in [-0.2, -0.15) is 13.2 Å². The molecule has 4 nitrogen and oxygen atoms in total. The normalized spacial score (nSPS) is 11.7. The molecule has 1 N–H and O–H groups in total. The predicted molar refractivity (Wildman–Crippen MR) is 77.4 cm³/mol. The van der Waals surface area contributed by atoms with Crippen LogP contribution in [0.1, 0.15) is 18.4 Å². The second kappa shape index (κ2) is 9.22. The number of unbranched alkanes of at least 4 members (excludes halogenated alkanes) is 1. The predicted octanol–water partition coefficient (Wildman–Crippen LogP) is 3.72. The summed E-state index contributed by atoms with van der Waals surface area (Å²) in [5.74, 6) is -0.147. The average molecular weight is 371 g/mol. The molecule has 0 atom stereocenters. The maximum absolute atomic E-state index is 12.8. The van der Waals surface area contributed by atoms with Gasteiger partial charge in [0.05, 0.1) is 18.8 Å². The zero-order valence-corrected chi connectivity index (χ0v) is 13.3. The minimum absolute atomic E-state index is 0.147. The van der Waals surface area contributed by atoms with Crippen molar-refractivity contribution in [1.82, 2.24) is 4.98 Å². The SMILES string of the molecule is COCCOCCCCNc1ncc(Br)cc1C(F)(F)F. The summed E-state index contributed by atoms with van der Waals surface area (Å²) in [5, 5.41) is 2.72. The van der Waals surface area contributed by atoms with Crippen LogP contribution >= 0.6 is 15.9 Å². The van der Waals surface area contributed by atoms with Crippen molar-refractivity contribution in [1.29, 1.82) is 0 Å². The van der Waals surface area contributed by atoms with Crippen LogP contribution in [0.5, 0.6) is 0 Å². The summed E-state index contributed by atoms with van der Waals surface area (Å²) < 4.78 is 48.9. The molecule has 0 bridgehead atoms. The molecule has 1 rings (SSSR count). The highest BCUT2D eigenvalue weighted by atomic mass is 79.9. The van der Waals surface area contributed by atoms with Gasteiger partial charge in [-0.25, -0.2) is 4.98 Å². The van der Waals surface area contributed by atoms with Crippen molar-refractivity contribution in [3.63, 3.8) is 0 Å². The van der Waals surface area contributed by atoms with Gasteiger partial charge in [-0.1, -0.05) is 0 Å². The first-order valence-electron chi connectivity index (χ1n) is 6.48. The fourth-order valence-electron chi connectivity index (χ4n) is 1.58. The Kier molecular flexibility index (Phi) is 7.98. The lowest BCUT2D eigenvalue weighted by molar-refractivity contribution is -0.137. The van der Waals surface area contributed by atoms with Crippen molar-refractivity contribution in [2.24, 2.45) is 0 Å². The third kappa shape index (κ3) is 7.10. The molecule has 0 aliphatic carbocycles. The zero-order chi connectivity index (χ0) is 15.7. The molecule has 0 aliphatic heterocycles. The third-order valence-electron chi connectivity index (χ3n) is 2.60. The van der Waals surface area contributed by atoms with Crippen LogP contribution in [0, 0.1) is 0 Å². The Morgan fingerprint density at radius 1 is 1.24 bits per heavy atom. The molecule has 0 unspecified atom stereocenters. The first-order chi connectivity index (χ1) is 9.95. The summed E-state index contributed by atoms with van der Waals surface area (Å²) in [7, 11) is 1.59. The zero-order valence-electron chi connectivity index (χ0n) is 11.7. The van der Waals surface area contributed by atoms with Crippen molar-refractivity contribution in [3.05, 3.63) is 22.3 Å². The highest BCUT2D eigenvalue weighted by Gasteiger charge is 2.34. The molecule has 0 fully saturated rings. The molecule has 120 valence electrons. The van der Waals surface area contributed by atoms with Gasteiger partial charge in [-0.3, -0.25) is 0 Å². The Bertz CT molecular complexity index is 430. The summed E-state index contributed by atoms with van der Waals surface area (Å²) in [5.41, 5.74) is -0.770. The van der Waals surface area contributed by atoms with E-state index >= 15 is 0 Å². The van der Waals surface area contributed by atoms with Crippen molar-refractivity contribution in [2.75, 3.05) is 38.8 Å². The smallest absolute Gasteiger partial charge is 0.382 e. The first-order valence-corrected chi connectivity index (χ1v) is 7.27. The van der Waals surface area contributed by atoms with E-state index in [1.54, 1.807) is 7.11 Å². The Hall–Kier alpha value is -0.860. The molecule has 1 aromatic heterocycles. The van der Waals surface area contributed by atoms with Gasteiger partial charge in [-0.05, 0) is 34.8 Å². The van der Waals surface area contributed by atoms with Gasteiger partial charge in [0, 0.05) is 30.9 Å². The average Bonchev–Trinajstić information content (AvgIpc) is 2.42. The number of halogens is 4. The molecule has 1 aromatic rings. The van der Waals surface area contributed by atoms with Gasteiger partial charge < -0.3 is 14.8 Å². The number of ether oxygens (including phenoxy) is 2. The monoisotopic (exact) mass is 370 g/mol. The van der Waals surface area contributed by atoms with Crippen LogP contribution < -0.4 is 5.32 Å². The van der Waals surface area contributed by atoms with Crippen molar-refractivity contribution >= 4 is 21.7 Å². The largest absolute Gasteiger partial charge is 0.419 e. The molecule has 0 aromatic carbocycles. The van der Waals surface area contributed by atoms with Gasteiger partial charge in [0.1, 0.15) is 5.82 Å². The lowest BCUT2D eigenvalue weighted by atomic mass is 10.2. The summed E-state index contributed by atoms with van der Waals surface area (Å²) in [6.45, 7) is 2.03. The van der Waals surface area contributed by atoms with Gasteiger partial charge in [-0.15, -0.1) is 0 Å². The molecular weight excluding hydrogens is 353 g/mol. The van der Waals surface area contributed by atoms with Crippen LogP contribution in [-0.4, -0.2) is 38.5 Å². The van der Waals surface area contributed by atoms with Crippen LogP contribution in [0.3, 0.4) is 0 Å². The van der Waals surface area contributed by atoms with E-state index in [1.807, 2.05) is 0 Å². The van der Waals surface area contributed by atoms with E-state index < -0.39 is 11.7 Å². The standard InChI is InChI=1S/C13H18BrF3N2O2/c1-20-6-7-21-5-3-2-4-18-12-11(13(15,16)17)8-10(14)9-19-12/h8-9H,2-7H2,1H3,(H,18,19). The molecule has 1 heterocycles. The molecular formula is C13H18BrF3N2O2. The highest BCUT2D eigenvalue weighted by Crippen LogP contribution is 2.35. The van der Waals surface area contributed by atoms with E-state index in [1.165, 1.54) is 6.20 Å². The third-order valence-corrected chi connectivity index (χ3v) is 3.03. The molecule has 0 saturated carbocycles. The first kappa shape index (κ1) is 18.2. The molecule has 21 heavy (non-hydrogen) atoms. The number of nitrogens with zero attached hydrogens (tertiary/aromatic N) is 1. The number of pyridine rings is 1. The topological polar surface area (TPSA) is 43.4 Å². The summed E-state index contributed by atoms with van der Waals surface area (Å²) >= 11 is 2.99. The van der Waals surface area contributed by atoms with Gasteiger partial charge in [0.25, 0.3) is 0 Å². The maximum Gasteiger partial charge on any atom is 0.419 e. The van der Waals surface area contributed by atoms with Gasteiger partial charge in [0.2, 0.25) is 0 Å². The summed E-state index contributed by atoms with van der Waals surface area (Å²) in [6, 6.07) is 1.02. The minimum Gasteiger partial charge on any atom is -0.382 e. The lowest BCUT2D eigenvalue weighted by Gasteiger charge is -2.13. The van der Waals surface area contributed by atoms with Crippen molar-refractivity contribution in [2.45, 2.75) is 19.0 Å². The number of hydrogen-bond acceptors (Lipinski definition) is 4. The molecule has 8 heteroatoms. The molecule has 0 saturated heterocycles. The Balaban J connectivity index is 2.35. The second-order valence-electron chi connectivity index (χ2n) is 4.29. The van der Waals surface area contributed by atoms with Crippen LogP contribution in [0.15, 0.2) is 16.7 Å². The lowest BCUT2D eigenvalue weighted by Crippen LogP contribution is -2.13. The second-order valence-corrected chi connectivity index (χ2v) is 5.20. The number of rotatable bonds is 9. The number of aromatic nitrogens is 1. The van der Waals surface area contributed by atoms with Crippen LogP contribution in [0.2, 0.25) is 0 Å². The van der Waals surface area contributed by atoms with Crippen LogP contribution in [0.4, 0.5) is 19.0 Å². The van der Waals surface area contributed by atoms with Crippen molar-refractivity contribution < 1.29 is 22.6 Å². The van der Waals surface area contributed by atoms with E-state index in [0.717, 1.165) is 12.5 Å². The van der Waals surface area contributed by atoms with Crippen LogP contribution in [0.25, 0.3) is 0 Å². The highest BCUT2D eigenvalue weighted by molar-refractivity contribution is 9.10. The minimum atomic E-state index is -4.43. The Labute approximate surface area is 130 Å². The molecule has 0 spiro atoms. The van der Waals surface area contributed by atoms with E-state index in [2.05, 4.69) is 26.2 Å². The number of anilines is 1. The number of methoxy groups -OCH3 is 1. The van der Waals surface area contributed by atoms with Gasteiger partial charge >= 0.3 is 6.18 Å².